The molecule has 0 bridgehead atoms. The number of esters is 3. The van der Waals surface area contributed by atoms with Crippen molar-refractivity contribution in [2.75, 3.05) is 13.2 Å². The van der Waals surface area contributed by atoms with E-state index in [1.807, 2.05) is 0 Å². The van der Waals surface area contributed by atoms with Crippen molar-refractivity contribution in [1.29, 1.82) is 0 Å². The number of carbonyl (C=O) groups is 3. The molecule has 0 N–H and O–H groups in total. The first-order chi connectivity index (χ1) is 38.5. The van der Waals surface area contributed by atoms with Crippen LogP contribution in [0.2, 0.25) is 0 Å². The van der Waals surface area contributed by atoms with E-state index in [0.717, 1.165) is 135 Å². The molecule has 0 saturated heterocycles. The van der Waals surface area contributed by atoms with Crippen molar-refractivity contribution in [2.45, 2.75) is 316 Å². The summed E-state index contributed by atoms with van der Waals surface area (Å²) < 4.78 is 16.9. The Morgan fingerprint density at radius 2 is 0.500 bits per heavy atom. The summed E-state index contributed by atoms with van der Waals surface area (Å²) in [5.74, 6) is -0.903. The largest absolute Gasteiger partial charge is 0.462 e. The van der Waals surface area contributed by atoms with Crippen LogP contribution in [0.25, 0.3) is 0 Å². The second-order valence-electron chi connectivity index (χ2n) is 21.6. The Morgan fingerprint density at radius 1 is 0.269 bits per heavy atom. The lowest BCUT2D eigenvalue weighted by Gasteiger charge is -2.18. The van der Waals surface area contributed by atoms with Gasteiger partial charge >= 0.3 is 17.9 Å². The molecular formula is C72H122O6. The van der Waals surface area contributed by atoms with E-state index in [0.29, 0.717) is 19.3 Å². The highest BCUT2D eigenvalue weighted by Gasteiger charge is 2.19. The minimum atomic E-state index is -0.792. The molecule has 446 valence electrons. The van der Waals surface area contributed by atoms with E-state index in [2.05, 4.69) is 130 Å². The van der Waals surface area contributed by atoms with Crippen LogP contribution >= 0.6 is 0 Å². The van der Waals surface area contributed by atoms with Gasteiger partial charge < -0.3 is 14.2 Å². The zero-order chi connectivity index (χ0) is 56.4. The molecular weight excluding hydrogens is 961 g/mol. The van der Waals surface area contributed by atoms with Crippen molar-refractivity contribution in [3.8, 4) is 0 Å². The monoisotopic (exact) mass is 1080 g/mol. The molecule has 1 unspecified atom stereocenters. The minimum Gasteiger partial charge on any atom is -0.462 e. The molecule has 0 aliphatic rings. The van der Waals surface area contributed by atoms with Crippen molar-refractivity contribution in [2.24, 2.45) is 0 Å². The van der Waals surface area contributed by atoms with Crippen molar-refractivity contribution in [1.82, 2.24) is 0 Å². The standard InChI is InChI=1S/C72H122O6/c1-4-7-10-13-16-19-22-25-28-30-32-33-34-35-36-37-38-39-40-42-44-47-50-53-56-59-62-65-71(74)77-68-69(67-76-70(73)64-61-58-55-52-49-46-43-27-24-21-18-15-12-9-6-3)78-72(75)66-63-60-57-54-51-48-45-41-31-29-26-23-20-17-14-11-8-5-2/h7,9-10,12,16,18-21,23,25,27-29,31-33,43,69H,4-6,8,11,13-15,17,22,24,26,30,34-42,44-68H2,1-3H3/b10-7-,12-9-,19-16-,21-18-,23-20-,28-25-,31-29-,33-32-,43-27-. The predicted molar refractivity (Wildman–Crippen MR) is 339 cm³/mol. The highest BCUT2D eigenvalue weighted by Crippen LogP contribution is 2.16. The number of hydrogen-bond donors (Lipinski definition) is 0. The van der Waals surface area contributed by atoms with E-state index in [1.165, 1.54) is 135 Å². The zero-order valence-corrected chi connectivity index (χ0v) is 51.2. The molecule has 0 spiro atoms. The smallest absolute Gasteiger partial charge is 0.306 e. The second kappa shape index (κ2) is 65.6. The van der Waals surface area contributed by atoms with Crippen LogP contribution in [0.3, 0.4) is 0 Å². The molecule has 78 heavy (non-hydrogen) atoms. The summed E-state index contributed by atoms with van der Waals surface area (Å²) in [6.45, 7) is 6.40. The minimum absolute atomic E-state index is 0.0867. The third-order valence-corrected chi connectivity index (χ3v) is 14.0. The lowest BCUT2D eigenvalue weighted by atomic mass is 10.0. The summed E-state index contributed by atoms with van der Waals surface area (Å²) in [5, 5.41) is 0. The maximum Gasteiger partial charge on any atom is 0.306 e. The van der Waals surface area contributed by atoms with Crippen LogP contribution in [0.1, 0.15) is 310 Å². The summed E-state index contributed by atoms with van der Waals surface area (Å²) in [6, 6.07) is 0. The molecule has 0 rings (SSSR count). The Kier molecular flexibility index (Phi) is 62.3. The van der Waals surface area contributed by atoms with Gasteiger partial charge in [-0.1, -0.05) is 278 Å². The topological polar surface area (TPSA) is 78.9 Å². The molecule has 0 heterocycles. The van der Waals surface area contributed by atoms with E-state index in [9.17, 15) is 14.4 Å². The lowest BCUT2D eigenvalue weighted by Crippen LogP contribution is -2.30. The molecule has 0 aromatic heterocycles. The summed E-state index contributed by atoms with van der Waals surface area (Å²) in [5.41, 5.74) is 0. The molecule has 1 atom stereocenters. The molecule has 6 heteroatoms. The van der Waals surface area contributed by atoms with Crippen molar-refractivity contribution >= 4 is 17.9 Å². The molecule has 6 nitrogen and oxygen atoms in total. The van der Waals surface area contributed by atoms with E-state index in [1.54, 1.807) is 0 Å². The number of unbranched alkanes of at least 4 members (excludes halogenated alkanes) is 30. The van der Waals surface area contributed by atoms with Crippen LogP contribution in [-0.2, 0) is 28.6 Å². The van der Waals surface area contributed by atoms with Gasteiger partial charge in [0, 0.05) is 19.3 Å². The molecule has 0 amide bonds. The Labute approximate surface area is 482 Å². The molecule has 0 aliphatic heterocycles. The average Bonchev–Trinajstić information content (AvgIpc) is 3.44. The lowest BCUT2D eigenvalue weighted by molar-refractivity contribution is -0.167. The van der Waals surface area contributed by atoms with Crippen LogP contribution in [0.4, 0.5) is 0 Å². The second-order valence-corrected chi connectivity index (χ2v) is 21.6. The van der Waals surface area contributed by atoms with Crippen LogP contribution in [0.15, 0.2) is 109 Å². The quantitative estimate of drug-likeness (QED) is 0.0261. The maximum absolute atomic E-state index is 12.9. The van der Waals surface area contributed by atoms with Gasteiger partial charge in [0.15, 0.2) is 6.10 Å². The first-order valence-electron chi connectivity index (χ1n) is 32.9. The Balaban J connectivity index is 4.32. The fourth-order valence-electron chi connectivity index (χ4n) is 9.13. The summed E-state index contributed by atoms with van der Waals surface area (Å²) in [6.07, 6.45) is 89.5. The van der Waals surface area contributed by atoms with Gasteiger partial charge in [-0.3, -0.25) is 14.4 Å². The first-order valence-corrected chi connectivity index (χ1v) is 32.9. The molecule has 0 aromatic carbocycles. The van der Waals surface area contributed by atoms with Gasteiger partial charge in [-0.15, -0.1) is 0 Å². The molecule has 0 aliphatic carbocycles. The van der Waals surface area contributed by atoms with Crippen molar-refractivity contribution < 1.29 is 28.6 Å². The van der Waals surface area contributed by atoms with E-state index >= 15 is 0 Å². The first kappa shape index (κ1) is 74.1. The number of allylic oxidation sites excluding steroid dienone is 18. The molecule has 0 aromatic rings. The Bertz CT molecular complexity index is 1570. The summed E-state index contributed by atoms with van der Waals surface area (Å²) >= 11 is 0. The van der Waals surface area contributed by atoms with Gasteiger partial charge in [-0.25, -0.2) is 0 Å². The average molecular weight is 1080 g/mol. The van der Waals surface area contributed by atoms with Crippen molar-refractivity contribution in [3.05, 3.63) is 109 Å². The number of carbonyl (C=O) groups excluding carboxylic acids is 3. The van der Waals surface area contributed by atoms with Crippen LogP contribution in [0.5, 0.6) is 0 Å². The third kappa shape index (κ3) is 62.9. The maximum atomic E-state index is 12.9. The van der Waals surface area contributed by atoms with E-state index in [-0.39, 0.29) is 31.1 Å². The van der Waals surface area contributed by atoms with Gasteiger partial charge in [0.2, 0.25) is 0 Å². The normalized spacial score (nSPS) is 12.8. The van der Waals surface area contributed by atoms with Crippen molar-refractivity contribution in [3.63, 3.8) is 0 Å². The third-order valence-electron chi connectivity index (χ3n) is 14.0. The molecule has 0 fully saturated rings. The Hall–Kier alpha value is -3.93. The zero-order valence-electron chi connectivity index (χ0n) is 51.2. The number of hydrogen-bond acceptors (Lipinski definition) is 6. The Morgan fingerprint density at radius 3 is 0.782 bits per heavy atom. The fourth-order valence-corrected chi connectivity index (χ4v) is 9.13. The van der Waals surface area contributed by atoms with Crippen LogP contribution in [-0.4, -0.2) is 37.2 Å². The summed E-state index contributed by atoms with van der Waals surface area (Å²) in [4.78, 5) is 38.4. The number of ether oxygens (including phenoxy) is 3. The van der Waals surface area contributed by atoms with Gasteiger partial charge in [-0.05, 0) is 122 Å². The summed E-state index contributed by atoms with van der Waals surface area (Å²) in [7, 11) is 0. The highest BCUT2D eigenvalue weighted by molar-refractivity contribution is 5.71. The van der Waals surface area contributed by atoms with Crippen LogP contribution < -0.4 is 0 Å². The fraction of sp³-hybridized carbons (Fsp3) is 0.708. The predicted octanol–water partition coefficient (Wildman–Crippen LogP) is 22.6. The number of rotatable bonds is 59. The van der Waals surface area contributed by atoms with E-state index < -0.39 is 6.10 Å². The van der Waals surface area contributed by atoms with E-state index in [4.69, 9.17) is 14.2 Å². The SMILES string of the molecule is CC/C=C\C/C=C\C/C=C\C/C=C\CCCCCCCCCCCCCCCCC(=O)OCC(COC(=O)CCCCCCC/C=C\C/C=C\C/C=C\CC)OC(=O)CCCCCCCCC/C=C\C/C=C\CCCCCC. The van der Waals surface area contributed by atoms with Gasteiger partial charge in [0.1, 0.15) is 13.2 Å². The highest BCUT2D eigenvalue weighted by atomic mass is 16.6. The van der Waals surface area contributed by atoms with Gasteiger partial charge in [0.05, 0.1) is 0 Å². The van der Waals surface area contributed by atoms with Gasteiger partial charge in [0.25, 0.3) is 0 Å². The van der Waals surface area contributed by atoms with Gasteiger partial charge in [-0.2, -0.15) is 0 Å². The molecule has 0 saturated carbocycles. The van der Waals surface area contributed by atoms with Crippen LogP contribution in [0, 0.1) is 0 Å². The molecule has 0 radical (unpaired) electrons.